The fraction of sp³-hybridized carbons (Fsp3) is 0.200. The number of hydrogen-bond donors (Lipinski definition) is 17. The van der Waals surface area contributed by atoms with Crippen LogP contribution in [0.2, 0.25) is 0 Å². The molecule has 0 amide bonds. The SMILES string of the molecule is O=C1OCC2OC(=O)c3cc(O)c(O)c(O)c3-c3c(O)c(O)c(O)c4c3C(=O)OC(C2OC(=O)c2cc(O)c(O)c(O)c2-c2cc1c(O)c(O)c2O)C1OC(=O)C2C4=C(O)C(=O)C23Oc2cc(O)c4c(c2C13)OC(c1ccc(O)c(O)c1)C(O)C4. The Morgan fingerprint density at radius 1 is 0.459 bits per heavy atom. The van der Waals surface area contributed by atoms with Gasteiger partial charge in [-0.25, -0.2) is 19.2 Å². The van der Waals surface area contributed by atoms with E-state index in [-0.39, 0.29) is 11.1 Å². The molecule has 8 bridgehead atoms. The number of aromatic hydroxyl groups is 15. The number of aliphatic hydroxyl groups excluding tert-OH is 2. The minimum Gasteiger partial charge on any atom is -0.507 e. The van der Waals surface area contributed by atoms with Crippen molar-refractivity contribution in [2.75, 3.05) is 6.61 Å². The van der Waals surface area contributed by atoms with Gasteiger partial charge in [0.1, 0.15) is 41.4 Å². The largest absolute Gasteiger partial charge is 0.507 e. The molecule has 1 spiro atoms. The van der Waals surface area contributed by atoms with Gasteiger partial charge in [-0.2, -0.15) is 0 Å². The van der Waals surface area contributed by atoms with E-state index in [0.717, 1.165) is 18.2 Å². The summed E-state index contributed by atoms with van der Waals surface area (Å²) in [6.07, 6.45) is -14.9. The summed E-state index contributed by atoms with van der Waals surface area (Å²) in [5.74, 6) is -39.2. The Morgan fingerprint density at radius 2 is 1.06 bits per heavy atom. The van der Waals surface area contributed by atoms with Crippen molar-refractivity contribution in [3.63, 3.8) is 0 Å². The molecule has 9 atom stereocenters. The lowest BCUT2D eigenvalue weighted by Crippen LogP contribution is -2.65. The number of rotatable bonds is 1. The smallest absolute Gasteiger partial charge is 0.342 e. The van der Waals surface area contributed by atoms with Crippen molar-refractivity contribution >= 4 is 41.2 Å². The first kappa shape index (κ1) is 52.8. The molecule has 6 aromatic rings. The molecule has 1 saturated heterocycles. The number of phenols is 15. The van der Waals surface area contributed by atoms with Gasteiger partial charge in [-0.3, -0.25) is 9.59 Å². The van der Waals surface area contributed by atoms with Gasteiger partial charge in [0.2, 0.25) is 34.4 Å². The number of carbonyl (C=O) groups excluding carboxylic acids is 6. The molecule has 14 rings (SSSR count). The van der Waals surface area contributed by atoms with Crippen molar-refractivity contribution in [2.24, 2.45) is 5.92 Å². The Balaban J connectivity index is 1.15. The summed E-state index contributed by atoms with van der Waals surface area (Å²) in [6, 6.07) is 5.25. The number of benzene rings is 6. The lowest BCUT2D eigenvalue weighted by Gasteiger charge is -2.47. The molecule has 1 fully saturated rings. The highest BCUT2D eigenvalue weighted by Crippen LogP contribution is 2.68. The Morgan fingerprint density at radius 3 is 1.74 bits per heavy atom. The third kappa shape index (κ3) is 6.83. The van der Waals surface area contributed by atoms with Crippen molar-refractivity contribution in [2.45, 2.75) is 54.6 Å². The van der Waals surface area contributed by atoms with Crippen molar-refractivity contribution in [3.8, 4) is 120 Å². The Bertz CT molecular complexity index is 4230. The first-order valence-electron chi connectivity index (χ1n) is 24.8. The molecule has 9 unspecified atom stereocenters. The standard InChI is InChI=1S/C55H36O30/c56-16-2-1-10(3-18(16)58)44-21(61)5-11-17(57)8-22-26(45(11)81-44)31-47-48-46-23(9-79-50(74)15-4-12(33(62)42(71)34(15)63)24-13(52(76)82-46)6-19(59)35(64)37(24)66)80-51(75)14-7-20(60)36(65)38(67)25(14)27-29(53(77)84-48)28(40(69)43(72)39(27)68)30-32(54(78)83-47)55(31,85-22)49(73)41(30)70/h1-4,6-8,21,23,31-32,44,46-48,56-72H,5,9H2. The summed E-state index contributed by atoms with van der Waals surface area (Å²) in [7, 11) is 0. The summed E-state index contributed by atoms with van der Waals surface area (Å²) in [4.78, 5) is 91.5. The van der Waals surface area contributed by atoms with E-state index in [1.165, 1.54) is 6.07 Å². The summed E-state index contributed by atoms with van der Waals surface area (Å²) >= 11 is 0. The highest BCUT2D eigenvalue weighted by atomic mass is 16.6. The molecule has 85 heavy (non-hydrogen) atoms. The average Bonchev–Trinajstić information content (AvgIpc) is 1.55. The van der Waals surface area contributed by atoms with E-state index >= 15 is 24.0 Å². The number of ether oxygens (including phenoxy) is 7. The average molecular weight is 1180 g/mol. The highest BCUT2D eigenvalue weighted by molar-refractivity contribution is 6.22. The third-order valence-electron chi connectivity index (χ3n) is 16.1. The summed E-state index contributed by atoms with van der Waals surface area (Å²) in [5, 5.41) is 192. The van der Waals surface area contributed by atoms with Crippen LogP contribution in [-0.2, 0) is 39.7 Å². The van der Waals surface area contributed by atoms with E-state index in [9.17, 15) is 91.6 Å². The van der Waals surface area contributed by atoms with Crippen LogP contribution in [-0.4, -0.2) is 165 Å². The number of carbonyl (C=O) groups is 6. The van der Waals surface area contributed by atoms with Crippen LogP contribution in [0.1, 0.15) is 75.7 Å². The zero-order valence-electron chi connectivity index (χ0n) is 42.0. The predicted molar refractivity (Wildman–Crippen MR) is 267 cm³/mol. The summed E-state index contributed by atoms with van der Waals surface area (Å²) < 4.78 is 42.6. The molecule has 436 valence electrons. The lowest BCUT2D eigenvalue weighted by atomic mass is 9.66. The van der Waals surface area contributed by atoms with Crippen molar-refractivity contribution in [1.82, 2.24) is 0 Å². The summed E-state index contributed by atoms with van der Waals surface area (Å²) in [6.45, 7) is -1.58. The molecule has 1 aliphatic carbocycles. The molecule has 17 N–H and O–H groups in total. The number of phenolic OH excluding ortho intramolecular Hbond substituents is 15. The minimum atomic E-state index is -3.14. The maximum Gasteiger partial charge on any atom is 0.342 e. The van der Waals surface area contributed by atoms with E-state index < -0.39 is 267 Å². The second-order valence-corrected chi connectivity index (χ2v) is 20.5. The normalized spacial score (nSPS) is 25.0. The molecule has 0 aromatic heterocycles. The van der Waals surface area contributed by atoms with E-state index in [1.807, 2.05) is 0 Å². The highest BCUT2D eigenvalue weighted by Gasteiger charge is 2.76. The first-order valence-corrected chi connectivity index (χ1v) is 24.8. The van der Waals surface area contributed by atoms with Gasteiger partial charge >= 0.3 is 29.8 Å². The second kappa shape index (κ2) is 17.5. The fourth-order valence-corrected chi connectivity index (χ4v) is 12.3. The van der Waals surface area contributed by atoms with Gasteiger partial charge in [-0.15, -0.1) is 0 Å². The zero-order valence-corrected chi connectivity index (χ0v) is 42.0. The van der Waals surface area contributed by atoms with E-state index in [1.54, 1.807) is 0 Å². The Labute approximate surface area is 468 Å². The van der Waals surface area contributed by atoms with Crippen molar-refractivity contribution in [1.29, 1.82) is 0 Å². The number of hydrogen-bond acceptors (Lipinski definition) is 30. The number of fused-ring (bicyclic) bond motifs is 11. The molecular formula is C55H36O30. The second-order valence-electron chi connectivity index (χ2n) is 20.5. The van der Waals surface area contributed by atoms with Gasteiger partial charge < -0.3 is 120 Å². The van der Waals surface area contributed by atoms with E-state index in [4.69, 9.17) is 33.2 Å². The van der Waals surface area contributed by atoms with Gasteiger partial charge in [-0.1, -0.05) is 6.07 Å². The van der Waals surface area contributed by atoms with Gasteiger partial charge in [0.15, 0.2) is 87.7 Å². The number of Topliss-reactive ketones (excluding diaryl/α,β-unsaturated/α-hetero) is 1. The quantitative estimate of drug-likeness (QED) is 0.0638. The molecule has 30 heteroatoms. The van der Waals surface area contributed by atoms with Gasteiger partial charge in [0.25, 0.3) is 0 Å². The predicted octanol–water partition coefficient (Wildman–Crippen LogP) is 2.42. The number of cyclic esters (lactones) is 1. The van der Waals surface area contributed by atoms with Crippen LogP contribution in [0.5, 0.6) is 97.7 Å². The Hall–Kier alpha value is -11.6. The van der Waals surface area contributed by atoms with Crippen LogP contribution in [0.25, 0.3) is 27.8 Å². The van der Waals surface area contributed by atoms with Crippen LogP contribution in [0.15, 0.2) is 48.2 Å². The molecule has 7 aliphatic heterocycles. The van der Waals surface area contributed by atoms with E-state index in [0.29, 0.717) is 18.2 Å². The number of ketones is 1. The molecule has 8 aliphatic rings. The third-order valence-corrected chi connectivity index (χ3v) is 16.1. The van der Waals surface area contributed by atoms with E-state index in [2.05, 4.69) is 0 Å². The van der Waals surface area contributed by atoms with Crippen LogP contribution in [0, 0.1) is 5.92 Å². The maximum absolute atomic E-state index is 15.8. The number of aliphatic hydroxyl groups is 2. The maximum atomic E-state index is 15.8. The van der Waals surface area contributed by atoms with Crippen molar-refractivity contribution < 1.29 is 149 Å². The zero-order chi connectivity index (χ0) is 60.8. The van der Waals surface area contributed by atoms with Gasteiger partial charge in [0, 0.05) is 57.0 Å². The topological polar surface area (TPSA) is 511 Å². The minimum absolute atomic E-state index is 0.0541. The van der Waals surface area contributed by atoms with Crippen LogP contribution in [0.4, 0.5) is 0 Å². The molecule has 0 saturated carbocycles. The molecule has 6 aromatic carbocycles. The summed E-state index contributed by atoms with van der Waals surface area (Å²) in [5.41, 5.74) is -16.5. The van der Waals surface area contributed by atoms with Crippen LogP contribution in [0.3, 0.4) is 0 Å². The first-order chi connectivity index (χ1) is 40.2. The number of esters is 5. The van der Waals surface area contributed by atoms with Crippen molar-refractivity contribution in [3.05, 3.63) is 92.7 Å². The molecular weight excluding hydrogens is 1140 g/mol. The molecule has 7 heterocycles. The Kier molecular flexibility index (Phi) is 10.9. The monoisotopic (exact) mass is 1180 g/mol. The molecule has 0 radical (unpaired) electrons. The van der Waals surface area contributed by atoms with Crippen LogP contribution >= 0.6 is 0 Å². The molecule has 30 nitrogen and oxygen atoms in total. The van der Waals surface area contributed by atoms with Gasteiger partial charge in [-0.05, 0) is 35.9 Å². The fourth-order valence-electron chi connectivity index (χ4n) is 12.3. The van der Waals surface area contributed by atoms with Gasteiger partial charge in [0.05, 0.1) is 28.7 Å². The van der Waals surface area contributed by atoms with Crippen LogP contribution < -0.4 is 9.47 Å². The lowest BCUT2D eigenvalue weighted by molar-refractivity contribution is -0.200.